The number of fused-ring (bicyclic) bond motifs is 1. The van der Waals surface area contributed by atoms with Gasteiger partial charge in [-0.05, 0) is 18.2 Å². The molecule has 1 amide bonds. The fraction of sp³-hybridized carbons (Fsp3) is 0.143. The number of ether oxygens (including phenoxy) is 1. The van der Waals surface area contributed by atoms with Crippen LogP contribution < -0.4 is 4.80 Å². The number of esters is 1. The van der Waals surface area contributed by atoms with E-state index in [0.29, 0.717) is 9.82 Å². The first-order valence-electron chi connectivity index (χ1n) is 6.44. The number of carbonyl (C=O) groups is 2. The van der Waals surface area contributed by atoms with Gasteiger partial charge in [0.05, 0.1) is 23.5 Å². The van der Waals surface area contributed by atoms with Crippen LogP contribution >= 0.6 is 22.9 Å². The lowest BCUT2D eigenvalue weighted by atomic mass is 10.3. The van der Waals surface area contributed by atoms with Gasteiger partial charge in [0.1, 0.15) is 6.54 Å². The van der Waals surface area contributed by atoms with Crippen molar-refractivity contribution in [2.45, 2.75) is 6.54 Å². The van der Waals surface area contributed by atoms with E-state index in [-0.39, 0.29) is 12.3 Å². The van der Waals surface area contributed by atoms with Crippen LogP contribution in [0, 0.1) is 0 Å². The Hall–Kier alpha value is -2.45. The minimum Gasteiger partial charge on any atom is -0.468 e. The van der Waals surface area contributed by atoms with Gasteiger partial charge in [-0.15, -0.1) is 0 Å². The summed E-state index contributed by atoms with van der Waals surface area (Å²) in [5.74, 6) is -1.02. The molecule has 0 atom stereocenters. The number of hydrogen-bond acceptors (Lipinski definition) is 6. The zero-order chi connectivity index (χ0) is 16.4. The van der Waals surface area contributed by atoms with E-state index in [4.69, 9.17) is 20.9 Å². The van der Waals surface area contributed by atoms with Crippen molar-refractivity contribution in [2.75, 3.05) is 7.11 Å². The largest absolute Gasteiger partial charge is 0.468 e. The SMILES string of the molecule is COC(=O)Cn1c(=NC(=O)c2ccno2)sc2cc(Cl)ccc21. The molecule has 0 aliphatic rings. The van der Waals surface area contributed by atoms with Gasteiger partial charge >= 0.3 is 11.9 Å². The number of nitrogens with zero attached hydrogens (tertiary/aromatic N) is 3. The summed E-state index contributed by atoms with van der Waals surface area (Å²) in [5.41, 5.74) is 0.730. The Balaban J connectivity index is 2.16. The lowest BCUT2D eigenvalue weighted by molar-refractivity contribution is -0.141. The van der Waals surface area contributed by atoms with Crippen LogP contribution in [0.15, 0.2) is 40.0 Å². The second-order valence-corrected chi connectivity index (χ2v) is 5.90. The number of methoxy groups -OCH3 is 1. The molecule has 1 aromatic carbocycles. The quantitative estimate of drug-likeness (QED) is 0.675. The molecule has 0 saturated heterocycles. The number of carbonyl (C=O) groups excluding carboxylic acids is 2. The molecule has 0 radical (unpaired) electrons. The van der Waals surface area contributed by atoms with Crippen LogP contribution in [0.25, 0.3) is 10.2 Å². The monoisotopic (exact) mass is 351 g/mol. The lowest BCUT2D eigenvalue weighted by Gasteiger charge is -2.03. The first kappa shape index (κ1) is 15.4. The van der Waals surface area contributed by atoms with Gasteiger partial charge in [0, 0.05) is 11.1 Å². The summed E-state index contributed by atoms with van der Waals surface area (Å²) >= 11 is 7.22. The van der Waals surface area contributed by atoms with E-state index in [1.807, 2.05) is 0 Å². The van der Waals surface area contributed by atoms with E-state index in [1.54, 1.807) is 22.8 Å². The highest BCUT2D eigenvalue weighted by Crippen LogP contribution is 2.22. The maximum Gasteiger partial charge on any atom is 0.325 e. The summed E-state index contributed by atoms with van der Waals surface area (Å²) in [4.78, 5) is 28.1. The molecule has 0 fully saturated rings. The standard InChI is InChI=1S/C14H10ClN3O4S/c1-21-12(19)7-18-9-3-2-8(15)6-11(9)23-14(18)17-13(20)10-4-5-16-22-10/h2-6H,7H2,1H3. The number of thiazole rings is 1. The van der Waals surface area contributed by atoms with Crippen molar-refractivity contribution < 1.29 is 18.8 Å². The second-order valence-electron chi connectivity index (χ2n) is 4.45. The number of benzene rings is 1. The Bertz CT molecular complexity index is 943. The van der Waals surface area contributed by atoms with Crippen molar-refractivity contribution in [1.82, 2.24) is 9.72 Å². The summed E-state index contributed by atoms with van der Waals surface area (Å²) in [7, 11) is 1.30. The van der Waals surface area contributed by atoms with E-state index in [2.05, 4.69) is 10.1 Å². The van der Waals surface area contributed by atoms with Crippen LogP contribution in [0.4, 0.5) is 0 Å². The molecule has 0 unspecified atom stereocenters. The molecule has 7 nitrogen and oxygen atoms in total. The van der Waals surface area contributed by atoms with E-state index in [9.17, 15) is 9.59 Å². The number of halogens is 1. The molecule has 3 rings (SSSR count). The molecule has 0 spiro atoms. The third kappa shape index (κ3) is 3.17. The highest BCUT2D eigenvalue weighted by molar-refractivity contribution is 7.16. The van der Waals surface area contributed by atoms with Crippen LogP contribution in [0.3, 0.4) is 0 Å². The Kier molecular flexibility index (Phi) is 4.26. The van der Waals surface area contributed by atoms with Gasteiger partial charge in [0.2, 0.25) is 5.76 Å². The van der Waals surface area contributed by atoms with Gasteiger partial charge in [-0.2, -0.15) is 4.99 Å². The van der Waals surface area contributed by atoms with Gasteiger partial charge < -0.3 is 13.8 Å². The molecule has 0 aliphatic heterocycles. The summed E-state index contributed by atoms with van der Waals surface area (Å²) in [6.45, 7) is -0.0688. The molecule has 23 heavy (non-hydrogen) atoms. The maximum absolute atomic E-state index is 12.1. The third-order valence-electron chi connectivity index (χ3n) is 3.01. The number of rotatable bonds is 3. The lowest BCUT2D eigenvalue weighted by Crippen LogP contribution is -2.22. The van der Waals surface area contributed by atoms with Crippen molar-refractivity contribution in [3.8, 4) is 0 Å². The van der Waals surface area contributed by atoms with Gasteiger partial charge in [-0.25, -0.2) is 0 Å². The summed E-state index contributed by atoms with van der Waals surface area (Å²) in [6.07, 6.45) is 1.36. The first-order chi connectivity index (χ1) is 11.1. The van der Waals surface area contributed by atoms with Crippen molar-refractivity contribution in [3.63, 3.8) is 0 Å². The topological polar surface area (TPSA) is 86.7 Å². The van der Waals surface area contributed by atoms with Crippen LogP contribution in [0.2, 0.25) is 5.02 Å². The molecule has 2 heterocycles. The Labute approximate surface area is 138 Å². The van der Waals surface area contributed by atoms with E-state index in [1.165, 1.54) is 30.7 Å². The van der Waals surface area contributed by atoms with Crippen molar-refractivity contribution >= 4 is 45.0 Å². The second kappa shape index (κ2) is 6.35. The summed E-state index contributed by atoms with van der Waals surface area (Å²) in [5, 5.41) is 4.03. The first-order valence-corrected chi connectivity index (χ1v) is 7.63. The average molecular weight is 352 g/mol. The van der Waals surface area contributed by atoms with Gasteiger partial charge in [0.15, 0.2) is 4.80 Å². The van der Waals surface area contributed by atoms with Crippen LogP contribution in [-0.2, 0) is 16.1 Å². The average Bonchev–Trinajstić information content (AvgIpc) is 3.16. The minimum atomic E-state index is -0.584. The fourth-order valence-corrected chi connectivity index (χ4v) is 3.25. The zero-order valence-electron chi connectivity index (χ0n) is 11.9. The van der Waals surface area contributed by atoms with Crippen LogP contribution in [0.1, 0.15) is 10.6 Å². The Morgan fingerprint density at radius 2 is 2.26 bits per heavy atom. The maximum atomic E-state index is 12.1. The molecule has 118 valence electrons. The smallest absolute Gasteiger partial charge is 0.325 e. The van der Waals surface area contributed by atoms with Crippen LogP contribution in [0.5, 0.6) is 0 Å². The Morgan fingerprint density at radius 1 is 1.43 bits per heavy atom. The molecule has 3 aromatic rings. The van der Waals surface area contributed by atoms with E-state index >= 15 is 0 Å². The Morgan fingerprint density at radius 3 is 2.96 bits per heavy atom. The number of amides is 1. The summed E-state index contributed by atoms with van der Waals surface area (Å²) < 4.78 is 11.9. The van der Waals surface area contributed by atoms with Crippen molar-refractivity contribution in [3.05, 3.63) is 46.0 Å². The van der Waals surface area contributed by atoms with Gasteiger partial charge in [0.25, 0.3) is 0 Å². The van der Waals surface area contributed by atoms with Crippen molar-refractivity contribution in [2.24, 2.45) is 4.99 Å². The predicted octanol–water partition coefficient (Wildman–Crippen LogP) is 2.26. The highest BCUT2D eigenvalue weighted by Gasteiger charge is 2.14. The van der Waals surface area contributed by atoms with Gasteiger partial charge in [-0.3, -0.25) is 9.59 Å². The fourth-order valence-electron chi connectivity index (χ4n) is 1.95. The molecule has 0 aliphatic carbocycles. The molecule has 0 saturated carbocycles. The molecule has 2 aromatic heterocycles. The van der Waals surface area contributed by atoms with Crippen LogP contribution in [-0.4, -0.2) is 28.7 Å². The third-order valence-corrected chi connectivity index (χ3v) is 4.28. The molecule has 0 bridgehead atoms. The molecular formula is C14H10ClN3O4S. The summed E-state index contributed by atoms with van der Waals surface area (Å²) in [6, 6.07) is 6.62. The number of aromatic nitrogens is 2. The predicted molar refractivity (Wildman–Crippen MR) is 83.2 cm³/mol. The normalized spacial score (nSPS) is 11.8. The highest BCUT2D eigenvalue weighted by atomic mass is 35.5. The van der Waals surface area contributed by atoms with Crippen molar-refractivity contribution in [1.29, 1.82) is 0 Å². The zero-order valence-corrected chi connectivity index (χ0v) is 13.4. The minimum absolute atomic E-state index is 0.0186. The van der Waals surface area contributed by atoms with E-state index < -0.39 is 11.9 Å². The van der Waals surface area contributed by atoms with Gasteiger partial charge in [-0.1, -0.05) is 28.1 Å². The molecular weight excluding hydrogens is 342 g/mol. The molecule has 0 N–H and O–H groups in total. The number of hydrogen-bond donors (Lipinski definition) is 0. The van der Waals surface area contributed by atoms with E-state index in [0.717, 1.165) is 10.2 Å². The molecule has 9 heteroatoms.